The predicted octanol–water partition coefficient (Wildman–Crippen LogP) is 3.85. The zero-order chi connectivity index (χ0) is 12.1. The Morgan fingerprint density at radius 1 is 1.31 bits per heavy atom. The largest absolute Gasteiger partial charge is 0.287 e. The topological polar surface area (TPSA) is 12.4 Å². The van der Waals surface area contributed by atoms with Crippen LogP contribution in [0.25, 0.3) is 0 Å². The predicted molar refractivity (Wildman–Crippen MR) is 72.3 cm³/mol. The Kier molecular flexibility index (Phi) is 4.24. The number of aliphatic imine (C=N–C) groups is 1. The third-order valence-electron chi connectivity index (χ3n) is 2.54. The van der Waals surface area contributed by atoms with Crippen molar-refractivity contribution in [2.45, 2.75) is 20.8 Å². The monoisotopic (exact) mass is 213 g/mol. The summed E-state index contributed by atoms with van der Waals surface area (Å²) in [6.07, 6.45) is 3.97. The van der Waals surface area contributed by atoms with Gasteiger partial charge in [0.2, 0.25) is 0 Å². The fourth-order valence-electron chi connectivity index (χ4n) is 1.71. The molecule has 1 nitrogen and oxygen atoms in total. The number of rotatable bonds is 3. The summed E-state index contributed by atoms with van der Waals surface area (Å²) in [7, 11) is 1.81. The van der Waals surface area contributed by atoms with Crippen LogP contribution in [0, 0.1) is 13.8 Å². The first-order chi connectivity index (χ1) is 7.60. The zero-order valence-corrected chi connectivity index (χ0v) is 10.5. The van der Waals surface area contributed by atoms with Crippen LogP contribution in [-0.2, 0) is 0 Å². The molecular formula is C15H19N. The van der Waals surface area contributed by atoms with Crippen LogP contribution in [0.4, 0.5) is 0 Å². The van der Waals surface area contributed by atoms with Gasteiger partial charge in [0, 0.05) is 12.6 Å². The normalized spacial score (nSPS) is 12.1. The summed E-state index contributed by atoms with van der Waals surface area (Å²) < 4.78 is 0. The lowest BCUT2D eigenvalue weighted by Gasteiger charge is -2.10. The summed E-state index contributed by atoms with van der Waals surface area (Å²) in [6, 6.07) is 6.40. The molecule has 0 heterocycles. The second-order valence-corrected chi connectivity index (χ2v) is 3.92. The van der Waals surface area contributed by atoms with Gasteiger partial charge in [0.1, 0.15) is 0 Å². The number of benzene rings is 1. The van der Waals surface area contributed by atoms with E-state index in [0.29, 0.717) is 0 Å². The third kappa shape index (κ3) is 2.69. The molecule has 0 aliphatic heterocycles. The maximum Gasteiger partial charge on any atom is 0.0712 e. The number of hydrogen-bond donors (Lipinski definition) is 0. The molecule has 1 aromatic rings. The van der Waals surface area contributed by atoms with Gasteiger partial charge in [-0.2, -0.15) is 0 Å². The molecule has 16 heavy (non-hydrogen) atoms. The van der Waals surface area contributed by atoms with Crippen LogP contribution in [0.2, 0.25) is 0 Å². The second-order valence-electron chi connectivity index (χ2n) is 3.92. The van der Waals surface area contributed by atoms with Crippen molar-refractivity contribution < 1.29 is 0 Å². The van der Waals surface area contributed by atoms with E-state index >= 15 is 0 Å². The minimum atomic E-state index is 0.957. The van der Waals surface area contributed by atoms with Crippen molar-refractivity contribution in [1.82, 2.24) is 0 Å². The number of allylic oxidation sites excluding steroid dienone is 3. The van der Waals surface area contributed by atoms with E-state index in [1.165, 1.54) is 16.7 Å². The average Bonchev–Trinajstić information content (AvgIpc) is 2.24. The maximum absolute atomic E-state index is 4.34. The highest BCUT2D eigenvalue weighted by Gasteiger charge is 2.08. The van der Waals surface area contributed by atoms with Crippen molar-refractivity contribution in [3.8, 4) is 0 Å². The van der Waals surface area contributed by atoms with Crippen LogP contribution in [0.15, 0.2) is 47.5 Å². The molecule has 0 aliphatic carbocycles. The van der Waals surface area contributed by atoms with Gasteiger partial charge in [0.05, 0.1) is 5.71 Å². The van der Waals surface area contributed by atoms with E-state index in [9.17, 15) is 0 Å². The lowest BCUT2D eigenvalue weighted by atomic mass is 9.97. The van der Waals surface area contributed by atoms with Crippen molar-refractivity contribution in [2.75, 3.05) is 7.05 Å². The Morgan fingerprint density at radius 2 is 2.00 bits per heavy atom. The highest BCUT2D eigenvalue weighted by atomic mass is 14.7. The lowest BCUT2D eigenvalue weighted by molar-refractivity contribution is 1.34. The molecule has 0 N–H and O–H groups in total. The molecule has 0 saturated carbocycles. The molecule has 1 aromatic carbocycles. The molecule has 0 radical (unpaired) electrons. The van der Waals surface area contributed by atoms with Crippen LogP contribution >= 0.6 is 0 Å². The molecular weight excluding hydrogens is 194 g/mol. The summed E-state index contributed by atoms with van der Waals surface area (Å²) in [5.74, 6) is 0. The van der Waals surface area contributed by atoms with Gasteiger partial charge in [-0.1, -0.05) is 36.4 Å². The fourth-order valence-corrected chi connectivity index (χ4v) is 1.71. The first-order valence-corrected chi connectivity index (χ1v) is 5.46. The van der Waals surface area contributed by atoms with E-state index in [0.717, 1.165) is 11.3 Å². The van der Waals surface area contributed by atoms with E-state index in [1.807, 2.05) is 26.1 Å². The van der Waals surface area contributed by atoms with Gasteiger partial charge in [-0.15, -0.1) is 0 Å². The van der Waals surface area contributed by atoms with Crippen LogP contribution < -0.4 is 0 Å². The number of hydrogen-bond acceptors (Lipinski definition) is 1. The molecule has 0 spiro atoms. The highest BCUT2D eigenvalue weighted by Crippen LogP contribution is 2.16. The molecule has 84 valence electrons. The van der Waals surface area contributed by atoms with Crippen molar-refractivity contribution in [2.24, 2.45) is 4.99 Å². The van der Waals surface area contributed by atoms with E-state index in [1.54, 1.807) is 0 Å². The molecule has 0 amide bonds. The van der Waals surface area contributed by atoms with Gasteiger partial charge in [0.25, 0.3) is 0 Å². The van der Waals surface area contributed by atoms with Crippen LogP contribution in [-0.4, -0.2) is 12.8 Å². The summed E-state index contributed by atoms with van der Waals surface area (Å²) in [4.78, 5) is 4.34. The molecule has 0 fully saturated rings. The van der Waals surface area contributed by atoms with Crippen LogP contribution in [0.3, 0.4) is 0 Å². The molecule has 0 atom stereocenters. The van der Waals surface area contributed by atoms with Crippen molar-refractivity contribution in [3.05, 3.63) is 59.2 Å². The van der Waals surface area contributed by atoms with Crippen molar-refractivity contribution in [1.29, 1.82) is 0 Å². The molecule has 0 bridgehead atoms. The van der Waals surface area contributed by atoms with Crippen LogP contribution in [0.1, 0.15) is 23.6 Å². The smallest absolute Gasteiger partial charge is 0.0712 e. The molecule has 0 unspecified atom stereocenters. The third-order valence-corrected chi connectivity index (χ3v) is 2.54. The van der Waals surface area contributed by atoms with E-state index in [4.69, 9.17) is 0 Å². The minimum absolute atomic E-state index is 0.957. The summed E-state index contributed by atoms with van der Waals surface area (Å²) in [5, 5.41) is 0. The lowest BCUT2D eigenvalue weighted by Crippen LogP contribution is -2.05. The van der Waals surface area contributed by atoms with Gasteiger partial charge >= 0.3 is 0 Å². The highest BCUT2D eigenvalue weighted by molar-refractivity contribution is 6.14. The van der Waals surface area contributed by atoms with E-state index in [-0.39, 0.29) is 0 Å². The zero-order valence-electron chi connectivity index (χ0n) is 10.5. The van der Waals surface area contributed by atoms with Gasteiger partial charge < -0.3 is 0 Å². The molecule has 1 heteroatoms. The number of aryl methyl sites for hydroxylation is 2. The molecule has 0 aliphatic rings. The Labute approximate surface area is 98.2 Å². The van der Waals surface area contributed by atoms with Gasteiger partial charge in [-0.3, -0.25) is 4.99 Å². The summed E-state index contributed by atoms with van der Waals surface area (Å²) >= 11 is 0. The first kappa shape index (κ1) is 12.4. The second kappa shape index (κ2) is 5.45. The van der Waals surface area contributed by atoms with E-state index < -0.39 is 0 Å². The van der Waals surface area contributed by atoms with Gasteiger partial charge in [0.15, 0.2) is 0 Å². The maximum atomic E-state index is 4.34. The Morgan fingerprint density at radius 3 is 2.56 bits per heavy atom. The first-order valence-electron chi connectivity index (χ1n) is 5.46. The van der Waals surface area contributed by atoms with Gasteiger partial charge in [-0.25, -0.2) is 0 Å². The van der Waals surface area contributed by atoms with Crippen LogP contribution in [0.5, 0.6) is 0 Å². The molecule has 1 rings (SSSR count). The Hall–Kier alpha value is -1.63. The van der Waals surface area contributed by atoms with Crippen molar-refractivity contribution in [3.63, 3.8) is 0 Å². The average molecular weight is 213 g/mol. The SMILES string of the molecule is C=C(/C=C\C)C(=NC)c1cc(C)ccc1C. The molecule has 0 aromatic heterocycles. The Bertz CT molecular complexity index is 451. The Balaban J connectivity index is 3.24. The standard InChI is InChI=1S/C15H19N/c1-6-7-13(4)15(16-5)14-10-11(2)8-9-12(14)3/h6-10H,4H2,1-3,5H3/b7-6-,16-15?. The quantitative estimate of drug-likeness (QED) is 0.534. The van der Waals surface area contributed by atoms with Crippen molar-refractivity contribution >= 4 is 5.71 Å². The van der Waals surface area contributed by atoms with Gasteiger partial charge in [-0.05, 0) is 38.0 Å². The summed E-state index contributed by atoms with van der Waals surface area (Å²) in [6.45, 7) is 10.2. The fraction of sp³-hybridized carbons (Fsp3) is 0.267. The number of nitrogens with zero attached hydrogens (tertiary/aromatic N) is 1. The minimum Gasteiger partial charge on any atom is -0.287 e. The van der Waals surface area contributed by atoms with E-state index in [2.05, 4.69) is 43.6 Å². The summed E-state index contributed by atoms with van der Waals surface area (Å²) in [5.41, 5.74) is 5.58. The molecule has 0 saturated heterocycles.